The maximum Gasteiger partial charge on any atom is 0.248 e. The molecule has 110 valence electrons. The van der Waals surface area contributed by atoms with Gasteiger partial charge in [0.2, 0.25) is 5.91 Å². The Balaban J connectivity index is 1.90. The number of halogens is 1. The van der Waals surface area contributed by atoms with Gasteiger partial charge in [-0.05, 0) is 45.0 Å². The van der Waals surface area contributed by atoms with Crippen LogP contribution in [0.5, 0.6) is 0 Å². The fourth-order valence-electron chi connectivity index (χ4n) is 1.69. The fraction of sp³-hybridized carbons (Fsp3) is 0.500. The summed E-state index contributed by atoms with van der Waals surface area (Å²) in [6.07, 6.45) is 0. The normalized spacial score (nSPS) is 20.2. The van der Waals surface area contributed by atoms with Gasteiger partial charge >= 0.3 is 0 Å². The molecule has 1 aromatic rings. The summed E-state index contributed by atoms with van der Waals surface area (Å²) in [5.74, 6) is -1.23. The number of nitrogens with one attached hydrogen (secondary N) is 2. The van der Waals surface area contributed by atoms with Crippen LogP contribution in [0.15, 0.2) is 24.3 Å². The highest BCUT2D eigenvalue weighted by Gasteiger charge is 2.42. The van der Waals surface area contributed by atoms with Gasteiger partial charge in [-0.2, -0.15) is 0 Å². The van der Waals surface area contributed by atoms with Gasteiger partial charge in [0.15, 0.2) is 5.79 Å². The predicted molar refractivity (Wildman–Crippen MR) is 72.3 cm³/mol. The molecule has 2 N–H and O–H groups in total. The van der Waals surface area contributed by atoms with Gasteiger partial charge in [0.1, 0.15) is 5.82 Å². The Morgan fingerprint density at radius 2 is 1.70 bits per heavy atom. The molecule has 5 nitrogen and oxygen atoms in total. The summed E-state index contributed by atoms with van der Waals surface area (Å²) in [5, 5.41) is 0. The number of ether oxygens (including phenoxy) is 2. The molecule has 0 spiro atoms. The first-order valence-electron chi connectivity index (χ1n) is 6.41. The number of carbonyl (C=O) groups is 1. The third kappa shape index (κ3) is 3.46. The minimum Gasteiger partial charge on any atom is -0.349 e. The van der Waals surface area contributed by atoms with E-state index < -0.39 is 11.2 Å². The van der Waals surface area contributed by atoms with Gasteiger partial charge in [-0.3, -0.25) is 15.6 Å². The van der Waals surface area contributed by atoms with Crippen LogP contribution >= 0.6 is 0 Å². The minimum absolute atomic E-state index is 0.239. The quantitative estimate of drug-likeness (QED) is 0.833. The van der Waals surface area contributed by atoms with E-state index in [0.29, 0.717) is 5.69 Å². The van der Waals surface area contributed by atoms with E-state index in [1.807, 2.05) is 0 Å². The smallest absolute Gasteiger partial charge is 0.248 e. The Bertz CT molecular complexity index is 478. The van der Waals surface area contributed by atoms with Gasteiger partial charge in [0, 0.05) is 0 Å². The van der Waals surface area contributed by atoms with Gasteiger partial charge < -0.3 is 9.47 Å². The average molecular weight is 282 g/mol. The molecule has 1 amide bonds. The molecule has 1 saturated heterocycles. The fourth-order valence-corrected chi connectivity index (χ4v) is 1.69. The van der Waals surface area contributed by atoms with Crippen LogP contribution in [0.4, 0.5) is 10.1 Å². The molecule has 1 aromatic carbocycles. The molecule has 0 atom stereocenters. The van der Waals surface area contributed by atoms with Crippen molar-refractivity contribution in [3.63, 3.8) is 0 Å². The van der Waals surface area contributed by atoms with Crippen LogP contribution in [-0.4, -0.2) is 24.9 Å². The van der Waals surface area contributed by atoms with Gasteiger partial charge in [-0.1, -0.05) is 0 Å². The maximum absolute atomic E-state index is 12.8. The van der Waals surface area contributed by atoms with E-state index in [-0.39, 0.29) is 24.9 Å². The van der Waals surface area contributed by atoms with Crippen LogP contribution in [0.2, 0.25) is 0 Å². The van der Waals surface area contributed by atoms with Gasteiger partial charge in [-0.15, -0.1) is 0 Å². The molecule has 1 fully saturated rings. The molecule has 0 bridgehead atoms. The summed E-state index contributed by atoms with van der Waals surface area (Å²) < 4.78 is 23.8. The first-order valence-corrected chi connectivity index (χ1v) is 6.41. The number of carbonyl (C=O) groups excluding carboxylic acids is 1. The van der Waals surface area contributed by atoms with E-state index in [2.05, 4.69) is 10.9 Å². The summed E-state index contributed by atoms with van der Waals surface area (Å²) in [6, 6.07) is 5.70. The molecule has 0 saturated carbocycles. The van der Waals surface area contributed by atoms with Crippen molar-refractivity contribution in [2.45, 2.75) is 26.6 Å². The van der Waals surface area contributed by atoms with Gasteiger partial charge in [-0.25, -0.2) is 4.39 Å². The van der Waals surface area contributed by atoms with Crippen molar-refractivity contribution in [3.05, 3.63) is 30.1 Å². The summed E-state index contributed by atoms with van der Waals surface area (Å²) in [4.78, 5) is 12.2. The lowest BCUT2D eigenvalue weighted by Crippen LogP contribution is -2.53. The average Bonchev–Trinajstić information content (AvgIpc) is 2.41. The van der Waals surface area contributed by atoms with E-state index in [1.165, 1.54) is 24.3 Å². The minimum atomic E-state index is -0.761. The highest BCUT2D eigenvalue weighted by molar-refractivity contribution is 5.83. The van der Waals surface area contributed by atoms with Gasteiger partial charge in [0.25, 0.3) is 0 Å². The zero-order valence-electron chi connectivity index (χ0n) is 11.8. The molecule has 0 unspecified atom stereocenters. The van der Waals surface area contributed by atoms with Crippen LogP contribution < -0.4 is 10.9 Å². The molecule has 0 aromatic heterocycles. The Kier molecular flexibility index (Phi) is 3.96. The van der Waals surface area contributed by atoms with Crippen molar-refractivity contribution in [2.75, 3.05) is 18.6 Å². The van der Waals surface area contributed by atoms with Crippen LogP contribution in [0.1, 0.15) is 20.8 Å². The maximum atomic E-state index is 12.8. The Morgan fingerprint density at radius 3 is 2.25 bits per heavy atom. The number of hydrazine groups is 1. The molecular weight excluding hydrogens is 263 g/mol. The number of anilines is 1. The number of hydrogen-bond donors (Lipinski definition) is 2. The second-order valence-corrected chi connectivity index (χ2v) is 5.62. The Morgan fingerprint density at radius 1 is 1.15 bits per heavy atom. The van der Waals surface area contributed by atoms with Crippen molar-refractivity contribution in [1.82, 2.24) is 5.43 Å². The lowest BCUT2D eigenvalue weighted by molar-refractivity contribution is -0.277. The summed E-state index contributed by atoms with van der Waals surface area (Å²) >= 11 is 0. The Hall–Kier alpha value is -1.66. The lowest BCUT2D eigenvalue weighted by atomic mass is 9.91. The number of hydrogen-bond acceptors (Lipinski definition) is 4. The molecule has 2 rings (SSSR count). The highest BCUT2D eigenvalue weighted by Crippen LogP contribution is 2.29. The summed E-state index contributed by atoms with van der Waals surface area (Å²) in [6.45, 7) is 5.93. The summed E-state index contributed by atoms with van der Waals surface area (Å²) in [5.41, 5.74) is 5.16. The highest BCUT2D eigenvalue weighted by atomic mass is 19.1. The topological polar surface area (TPSA) is 59.6 Å². The third-order valence-corrected chi connectivity index (χ3v) is 3.19. The van der Waals surface area contributed by atoms with Crippen molar-refractivity contribution in [3.8, 4) is 0 Å². The van der Waals surface area contributed by atoms with Crippen LogP contribution in [0.3, 0.4) is 0 Å². The molecule has 20 heavy (non-hydrogen) atoms. The van der Waals surface area contributed by atoms with Crippen molar-refractivity contribution in [2.24, 2.45) is 5.41 Å². The second kappa shape index (κ2) is 5.38. The first-order chi connectivity index (χ1) is 9.31. The standard InChI is InChI=1S/C14H19FN2O3/c1-13(2)19-8-14(3,9-20-13)12(18)17-16-11-6-4-10(15)5-7-11/h4-7,16H,8-9H2,1-3H3,(H,17,18). The molecule has 0 aliphatic carbocycles. The lowest BCUT2D eigenvalue weighted by Gasteiger charge is -2.40. The summed E-state index contributed by atoms with van der Waals surface area (Å²) in [7, 11) is 0. The first kappa shape index (κ1) is 14.7. The number of benzene rings is 1. The monoisotopic (exact) mass is 282 g/mol. The molecule has 1 aliphatic heterocycles. The number of rotatable bonds is 3. The predicted octanol–water partition coefficient (Wildman–Crippen LogP) is 2.06. The zero-order chi connectivity index (χ0) is 14.8. The third-order valence-electron chi connectivity index (χ3n) is 3.19. The Labute approximate surface area is 117 Å². The zero-order valence-corrected chi connectivity index (χ0v) is 11.8. The van der Waals surface area contributed by atoms with Gasteiger partial charge in [0.05, 0.1) is 24.3 Å². The molecule has 0 radical (unpaired) electrons. The molecular formula is C14H19FN2O3. The molecule has 1 heterocycles. The van der Waals surface area contributed by atoms with Crippen molar-refractivity contribution >= 4 is 11.6 Å². The SMILES string of the molecule is CC1(C)OCC(C)(C(=O)NNc2ccc(F)cc2)CO1. The van der Waals surface area contributed by atoms with E-state index in [1.54, 1.807) is 20.8 Å². The van der Waals surface area contributed by atoms with Crippen LogP contribution in [0.25, 0.3) is 0 Å². The number of amides is 1. The van der Waals surface area contributed by atoms with E-state index in [0.717, 1.165) is 0 Å². The molecule has 6 heteroatoms. The van der Waals surface area contributed by atoms with E-state index in [9.17, 15) is 9.18 Å². The molecule has 1 aliphatic rings. The van der Waals surface area contributed by atoms with Crippen LogP contribution in [-0.2, 0) is 14.3 Å². The van der Waals surface area contributed by atoms with Crippen LogP contribution in [0, 0.1) is 11.2 Å². The van der Waals surface area contributed by atoms with E-state index >= 15 is 0 Å². The second-order valence-electron chi connectivity index (χ2n) is 5.62. The van der Waals surface area contributed by atoms with Crippen molar-refractivity contribution < 1.29 is 18.7 Å². The van der Waals surface area contributed by atoms with Crippen molar-refractivity contribution in [1.29, 1.82) is 0 Å². The van der Waals surface area contributed by atoms with E-state index in [4.69, 9.17) is 9.47 Å². The largest absolute Gasteiger partial charge is 0.349 e.